The summed E-state index contributed by atoms with van der Waals surface area (Å²) in [4.78, 5) is 10.2. The Hall–Kier alpha value is -1.15. The van der Waals surface area contributed by atoms with Gasteiger partial charge in [-0.2, -0.15) is 0 Å². The van der Waals surface area contributed by atoms with Crippen LogP contribution in [0.15, 0.2) is 11.6 Å². The highest BCUT2D eigenvalue weighted by atomic mass is 32.1. The number of imidazole rings is 1. The van der Waals surface area contributed by atoms with Crippen molar-refractivity contribution in [1.29, 1.82) is 0 Å². The van der Waals surface area contributed by atoms with E-state index in [1.165, 1.54) is 5.69 Å². The maximum absolute atomic E-state index is 5.08. The number of hydrogen-bond acceptors (Lipinski definition) is 6. The average molecular weight is 311 g/mol. The number of methoxy groups -OCH3 is 1. The summed E-state index contributed by atoms with van der Waals surface area (Å²) in [5.41, 5.74) is 1.21. The third-order valence-electron chi connectivity index (χ3n) is 3.36. The normalized spacial score (nSPS) is 11.7. The monoisotopic (exact) mass is 311 g/mol. The number of nitrogens with zero attached hydrogens (tertiary/aromatic N) is 4. The second-order valence-electron chi connectivity index (χ2n) is 5.33. The fourth-order valence-corrected chi connectivity index (χ4v) is 2.86. The van der Waals surface area contributed by atoms with Gasteiger partial charge in [0.25, 0.3) is 0 Å². The van der Waals surface area contributed by atoms with E-state index in [-0.39, 0.29) is 0 Å². The van der Waals surface area contributed by atoms with Crippen LogP contribution in [0, 0.1) is 0 Å². The highest BCUT2D eigenvalue weighted by Crippen LogP contribution is 2.23. The molecule has 2 aromatic heterocycles. The minimum absolute atomic E-state index is 0.720. The quantitative estimate of drug-likeness (QED) is 0.703. The number of anilines is 1. The molecule has 7 heteroatoms. The molecule has 0 aliphatic rings. The van der Waals surface area contributed by atoms with E-state index in [1.54, 1.807) is 18.4 Å². The van der Waals surface area contributed by atoms with Crippen molar-refractivity contribution in [3.63, 3.8) is 0 Å². The molecule has 0 aromatic carbocycles. The van der Waals surface area contributed by atoms with Crippen LogP contribution in [0.5, 0.6) is 0 Å². The first-order chi connectivity index (χ1) is 10.1. The van der Waals surface area contributed by atoms with Gasteiger partial charge >= 0.3 is 0 Å². The number of likely N-dealkylation sites (N-methyl/N-ethyl adjacent to an activating group) is 2. The third kappa shape index (κ3) is 4.16. The molecule has 2 heterocycles. The van der Waals surface area contributed by atoms with Crippen molar-refractivity contribution in [3.05, 3.63) is 17.3 Å². The predicted octanol–water partition coefficient (Wildman–Crippen LogP) is 1.13. The van der Waals surface area contributed by atoms with Crippen molar-refractivity contribution < 1.29 is 4.74 Å². The Labute approximate surface area is 130 Å². The van der Waals surface area contributed by atoms with Crippen LogP contribution in [0.2, 0.25) is 0 Å². The Bertz CT molecular complexity index is 551. The molecule has 0 fully saturated rings. The Kier molecular flexibility index (Phi) is 5.98. The van der Waals surface area contributed by atoms with Crippen LogP contribution in [0.3, 0.4) is 0 Å². The Morgan fingerprint density at radius 2 is 2.14 bits per heavy atom. The van der Waals surface area contributed by atoms with Gasteiger partial charge in [-0.25, -0.2) is 4.98 Å². The molecule has 0 saturated carbocycles. The van der Waals surface area contributed by atoms with Gasteiger partial charge in [-0.3, -0.25) is 4.40 Å². The molecule has 0 bridgehead atoms. The molecule has 6 nitrogen and oxygen atoms in total. The number of aromatic nitrogens is 2. The average Bonchev–Trinajstić information content (AvgIpc) is 3.02. The fourth-order valence-electron chi connectivity index (χ4n) is 2.13. The molecule has 1 N–H and O–H groups in total. The van der Waals surface area contributed by atoms with Crippen molar-refractivity contribution in [2.75, 3.05) is 59.4 Å². The summed E-state index contributed by atoms with van der Waals surface area (Å²) in [6.45, 7) is 4.33. The summed E-state index contributed by atoms with van der Waals surface area (Å²) in [5, 5.41) is 5.49. The molecule has 21 heavy (non-hydrogen) atoms. The zero-order valence-corrected chi connectivity index (χ0v) is 14.1. The zero-order valence-electron chi connectivity index (χ0n) is 13.3. The number of nitrogens with one attached hydrogen (secondary N) is 1. The van der Waals surface area contributed by atoms with Crippen LogP contribution in [0.1, 0.15) is 5.69 Å². The van der Waals surface area contributed by atoms with Gasteiger partial charge in [-0.1, -0.05) is 0 Å². The van der Waals surface area contributed by atoms with Crippen LogP contribution >= 0.6 is 11.3 Å². The second-order valence-corrected chi connectivity index (χ2v) is 6.21. The lowest BCUT2D eigenvalue weighted by atomic mass is 10.3. The maximum atomic E-state index is 5.08. The third-order valence-corrected chi connectivity index (χ3v) is 4.12. The molecule has 0 aliphatic heterocycles. The van der Waals surface area contributed by atoms with Gasteiger partial charge < -0.3 is 19.9 Å². The summed E-state index contributed by atoms with van der Waals surface area (Å²) in [5.74, 6) is 1.06. The topological polar surface area (TPSA) is 45.0 Å². The van der Waals surface area contributed by atoms with Gasteiger partial charge in [-0.15, -0.1) is 11.3 Å². The zero-order chi connectivity index (χ0) is 15.2. The molecule has 0 saturated heterocycles. The van der Waals surface area contributed by atoms with E-state index < -0.39 is 0 Å². The molecular formula is C14H25N5OS. The lowest BCUT2D eigenvalue weighted by Gasteiger charge is -2.20. The molecule has 0 unspecified atom stereocenters. The van der Waals surface area contributed by atoms with E-state index in [9.17, 15) is 0 Å². The number of hydrogen-bond donors (Lipinski definition) is 1. The fraction of sp³-hybridized carbons (Fsp3) is 0.643. The number of fused-ring (bicyclic) bond motifs is 1. The maximum Gasteiger partial charge on any atom is 0.195 e. The Morgan fingerprint density at radius 3 is 2.86 bits per heavy atom. The standard InChI is InChI=1S/C14H25N5OS/c1-17(2)6-7-18(3)13-12(11-15-5-9-20-4)19-8-10-21-14(19)16-13/h8,10,15H,5-7,9,11H2,1-4H3. The largest absolute Gasteiger partial charge is 0.383 e. The van der Waals surface area contributed by atoms with Crippen LogP contribution < -0.4 is 10.2 Å². The predicted molar refractivity (Wildman–Crippen MR) is 88.5 cm³/mol. The lowest BCUT2D eigenvalue weighted by Crippen LogP contribution is -2.30. The highest BCUT2D eigenvalue weighted by molar-refractivity contribution is 7.15. The summed E-state index contributed by atoms with van der Waals surface area (Å²) in [6.07, 6.45) is 2.09. The number of rotatable bonds is 9. The number of ether oxygens (including phenoxy) is 1. The van der Waals surface area contributed by atoms with Crippen molar-refractivity contribution in [3.8, 4) is 0 Å². The summed E-state index contributed by atoms with van der Waals surface area (Å²) in [7, 11) is 8.01. The van der Waals surface area contributed by atoms with Gasteiger partial charge in [0, 0.05) is 51.9 Å². The molecule has 0 radical (unpaired) electrons. The van der Waals surface area contributed by atoms with Gasteiger partial charge in [0.15, 0.2) is 10.8 Å². The first kappa shape index (κ1) is 16.2. The molecule has 118 valence electrons. The lowest BCUT2D eigenvalue weighted by molar-refractivity contribution is 0.199. The van der Waals surface area contributed by atoms with Crippen LogP contribution in [0.4, 0.5) is 5.82 Å². The molecule has 0 amide bonds. The van der Waals surface area contributed by atoms with Crippen molar-refractivity contribution in [2.45, 2.75) is 6.54 Å². The van der Waals surface area contributed by atoms with E-state index in [4.69, 9.17) is 9.72 Å². The summed E-state index contributed by atoms with van der Waals surface area (Å²) < 4.78 is 7.25. The van der Waals surface area contributed by atoms with Gasteiger partial charge in [-0.05, 0) is 14.1 Å². The van der Waals surface area contributed by atoms with E-state index >= 15 is 0 Å². The van der Waals surface area contributed by atoms with Crippen LogP contribution in [-0.4, -0.2) is 68.8 Å². The molecule has 0 spiro atoms. The minimum atomic E-state index is 0.720. The van der Waals surface area contributed by atoms with E-state index in [2.05, 4.69) is 52.2 Å². The second kappa shape index (κ2) is 7.74. The Morgan fingerprint density at radius 1 is 1.33 bits per heavy atom. The Balaban J connectivity index is 2.11. The first-order valence-corrected chi connectivity index (χ1v) is 8.01. The molecule has 0 aliphatic carbocycles. The van der Waals surface area contributed by atoms with E-state index in [1.807, 2.05) is 0 Å². The minimum Gasteiger partial charge on any atom is -0.383 e. The SMILES string of the molecule is COCCNCc1c(N(C)CCN(C)C)nc2sccn12. The first-order valence-electron chi connectivity index (χ1n) is 7.13. The van der Waals surface area contributed by atoms with Crippen molar-refractivity contribution in [2.24, 2.45) is 0 Å². The summed E-state index contributed by atoms with van der Waals surface area (Å²) in [6, 6.07) is 0. The van der Waals surface area contributed by atoms with Gasteiger partial charge in [0.05, 0.1) is 12.3 Å². The van der Waals surface area contributed by atoms with Crippen molar-refractivity contribution in [1.82, 2.24) is 19.6 Å². The molecule has 2 rings (SSSR count). The highest BCUT2D eigenvalue weighted by Gasteiger charge is 2.16. The molecule has 0 atom stereocenters. The number of thiazole rings is 1. The van der Waals surface area contributed by atoms with Crippen molar-refractivity contribution >= 4 is 22.1 Å². The van der Waals surface area contributed by atoms with E-state index in [0.717, 1.165) is 43.6 Å². The molecular weight excluding hydrogens is 286 g/mol. The smallest absolute Gasteiger partial charge is 0.195 e. The van der Waals surface area contributed by atoms with E-state index in [0.29, 0.717) is 0 Å². The van der Waals surface area contributed by atoms with Crippen LogP contribution in [-0.2, 0) is 11.3 Å². The van der Waals surface area contributed by atoms with Gasteiger partial charge in [0.1, 0.15) is 0 Å². The van der Waals surface area contributed by atoms with Gasteiger partial charge in [0.2, 0.25) is 0 Å². The summed E-state index contributed by atoms with van der Waals surface area (Å²) >= 11 is 1.67. The molecule has 2 aromatic rings. The van der Waals surface area contributed by atoms with Crippen LogP contribution in [0.25, 0.3) is 4.96 Å².